The molecular formula is C18H26N2O2. The molecule has 120 valence electrons. The first kappa shape index (κ1) is 15.3. The predicted molar refractivity (Wildman–Crippen MR) is 88.3 cm³/mol. The number of benzene rings is 1. The summed E-state index contributed by atoms with van der Waals surface area (Å²) < 4.78 is 5.21. The second-order valence-electron chi connectivity index (χ2n) is 7.08. The standard InChI is InChI=1S/C18H26N2O2/c1-14(2)15-4-6-16(7-5-15)19-8-10-20(11-9-19)17(21)18(3)12-22-13-18/h4-7,14H,8-13H2,1-3H3. The van der Waals surface area contributed by atoms with E-state index in [0.717, 1.165) is 26.2 Å². The Hall–Kier alpha value is -1.55. The fourth-order valence-electron chi connectivity index (χ4n) is 3.15. The number of anilines is 1. The van der Waals surface area contributed by atoms with Crippen LogP contribution in [0.3, 0.4) is 0 Å². The Labute approximate surface area is 133 Å². The van der Waals surface area contributed by atoms with E-state index >= 15 is 0 Å². The van der Waals surface area contributed by atoms with E-state index in [-0.39, 0.29) is 11.3 Å². The molecule has 4 nitrogen and oxygen atoms in total. The highest BCUT2D eigenvalue weighted by Gasteiger charge is 2.44. The quantitative estimate of drug-likeness (QED) is 0.860. The lowest BCUT2D eigenvalue weighted by atomic mass is 9.86. The third kappa shape index (κ3) is 2.84. The molecule has 0 atom stereocenters. The van der Waals surface area contributed by atoms with Crippen LogP contribution in [0.15, 0.2) is 24.3 Å². The number of hydrogen-bond acceptors (Lipinski definition) is 3. The average Bonchev–Trinajstić information content (AvgIpc) is 2.52. The predicted octanol–water partition coefficient (Wildman–Crippen LogP) is 2.50. The van der Waals surface area contributed by atoms with Gasteiger partial charge in [0.25, 0.3) is 0 Å². The third-order valence-electron chi connectivity index (χ3n) is 4.85. The Morgan fingerprint density at radius 1 is 1.09 bits per heavy atom. The van der Waals surface area contributed by atoms with Gasteiger partial charge in [-0.25, -0.2) is 0 Å². The highest BCUT2D eigenvalue weighted by Crippen LogP contribution is 2.30. The van der Waals surface area contributed by atoms with Crippen molar-refractivity contribution in [2.75, 3.05) is 44.3 Å². The second kappa shape index (κ2) is 5.92. The van der Waals surface area contributed by atoms with Gasteiger partial charge >= 0.3 is 0 Å². The Kier molecular flexibility index (Phi) is 4.13. The van der Waals surface area contributed by atoms with Gasteiger partial charge in [-0.2, -0.15) is 0 Å². The van der Waals surface area contributed by atoms with Gasteiger partial charge in [0.15, 0.2) is 0 Å². The number of rotatable bonds is 3. The molecule has 0 spiro atoms. The zero-order chi connectivity index (χ0) is 15.7. The lowest BCUT2D eigenvalue weighted by Crippen LogP contribution is -2.58. The molecule has 4 heteroatoms. The number of hydrogen-bond donors (Lipinski definition) is 0. The first-order valence-corrected chi connectivity index (χ1v) is 8.22. The van der Waals surface area contributed by atoms with Crippen LogP contribution in [0.25, 0.3) is 0 Å². The van der Waals surface area contributed by atoms with Crippen molar-refractivity contribution in [2.45, 2.75) is 26.7 Å². The molecular weight excluding hydrogens is 276 g/mol. The van der Waals surface area contributed by atoms with Gasteiger partial charge in [-0.1, -0.05) is 26.0 Å². The maximum Gasteiger partial charge on any atom is 0.233 e. The molecule has 0 N–H and O–H groups in total. The minimum absolute atomic E-state index is 0.258. The monoisotopic (exact) mass is 302 g/mol. The van der Waals surface area contributed by atoms with Crippen LogP contribution in [0.4, 0.5) is 5.69 Å². The van der Waals surface area contributed by atoms with Gasteiger partial charge in [0, 0.05) is 31.9 Å². The van der Waals surface area contributed by atoms with E-state index in [0.29, 0.717) is 19.1 Å². The number of amides is 1. The average molecular weight is 302 g/mol. The van der Waals surface area contributed by atoms with Crippen molar-refractivity contribution in [1.82, 2.24) is 4.90 Å². The lowest BCUT2D eigenvalue weighted by Gasteiger charge is -2.43. The molecule has 22 heavy (non-hydrogen) atoms. The Bertz CT molecular complexity index is 527. The number of carbonyl (C=O) groups excluding carboxylic acids is 1. The molecule has 0 unspecified atom stereocenters. The SMILES string of the molecule is CC(C)c1ccc(N2CCN(C(=O)C3(C)COC3)CC2)cc1. The summed E-state index contributed by atoms with van der Waals surface area (Å²) >= 11 is 0. The van der Waals surface area contributed by atoms with E-state index in [2.05, 4.69) is 43.0 Å². The van der Waals surface area contributed by atoms with E-state index in [1.165, 1.54) is 11.3 Å². The number of piperazine rings is 1. The molecule has 0 bridgehead atoms. The maximum absolute atomic E-state index is 12.5. The summed E-state index contributed by atoms with van der Waals surface area (Å²) in [4.78, 5) is 16.9. The van der Waals surface area contributed by atoms with Crippen molar-refractivity contribution in [3.05, 3.63) is 29.8 Å². The number of carbonyl (C=O) groups is 1. The highest BCUT2D eigenvalue weighted by atomic mass is 16.5. The summed E-state index contributed by atoms with van der Waals surface area (Å²) in [6.07, 6.45) is 0. The van der Waals surface area contributed by atoms with Gasteiger partial charge < -0.3 is 14.5 Å². The van der Waals surface area contributed by atoms with E-state index < -0.39 is 0 Å². The molecule has 2 saturated heterocycles. The first-order valence-electron chi connectivity index (χ1n) is 8.22. The molecule has 3 rings (SSSR count). The molecule has 2 fully saturated rings. The summed E-state index contributed by atoms with van der Waals surface area (Å²) in [5, 5.41) is 0. The summed E-state index contributed by atoms with van der Waals surface area (Å²) in [5.41, 5.74) is 2.35. The second-order valence-corrected chi connectivity index (χ2v) is 7.08. The molecule has 2 aliphatic rings. The van der Waals surface area contributed by atoms with Crippen molar-refractivity contribution in [2.24, 2.45) is 5.41 Å². The maximum atomic E-state index is 12.5. The van der Waals surface area contributed by atoms with Gasteiger partial charge in [-0.3, -0.25) is 4.79 Å². The van der Waals surface area contributed by atoms with E-state index in [1.54, 1.807) is 0 Å². The minimum Gasteiger partial charge on any atom is -0.379 e. The van der Waals surface area contributed by atoms with Crippen LogP contribution in [0, 0.1) is 5.41 Å². The van der Waals surface area contributed by atoms with Crippen molar-refractivity contribution < 1.29 is 9.53 Å². The molecule has 1 aromatic rings. The van der Waals surface area contributed by atoms with Gasteiger partial charge in [0.2, 0.25) is 5.91 Å². The number of nitrogens with zero attached hydrogens (tertiary/aromatic N) is 2. The van der Waals surface area contributed by atoms with Crippen LogP contribution in [0.2, 0.25) is 0 Å². The molecule has 1 amide bonds. The Balaban J connectivity index is 1.58. The summed E-state index contributed by atoms with van der Waals surface area (Å²) in [6.45, 7) is 11.0. The van der Waals surface area contributed by atoms with E-state index in [9.17, 15) is 4.79 Å². The van der Waals surface area contributed by atoms with Crippen LogP contribution >= 0.6 is 0 Å². The number of ether oxygens (including phenoxy) is 1. The van der Waals surface area contributed by atoms with E-state index in [1.807, 2.05) is 11.8 Å². The molecule has 2 aliphatic heterocycles. The molecule has 2 heterocycles. The molecule has 0 aromatic heterocycles. The van der Waals surface area contributed by atoms with Crippen molar-refractivity contribution in [1.29, 1.82) is 0 Å². The smallest absolute Gasteiger partial charge is 0.233 e. The van der Waals surface area contributed by atoms with Crippen molar-refractivity contribution in [3.63, 3.8) is 0 Å². The van der Waals surface area contributed by atoms with Crippen LogP contribution in [-0.4, -0.2) is 50.2 Å². The largest absolute Gasteiger partial charge is 0.379 e. The zero-order valence-electron chi connectivity index (χ0n) is 13.8. The first-order chi connectivity index (χ1) is 10.5. The molecule has 1 aromatic carbocycles. The molecule has 0 aliphatic carbocycles. The molecule has 0 saturated carbocycles. The minimum atomic E-state index is -0.277. The van der Waals surface area contributed by atoms with Crippen LogP contribution < -0.4 is 4.90 Å². The molecule has 0 radical (unpaired) electrons. The fourth-order valence-corrected chi connectivity index (χ4v) is 3.15. The third-order valence-corrected chi connectivity index (χ3v) is 4.85. The fraction of sp³-hybridized carbons (Fsp3) is 0.611. The summed E-state index contributed by atoms with van der Waals surface area (Å²) in [7, 11) is 0. The van der Waals surface area contributed by atoms with Gasteiger partial charge in [0.1, 0.15) is 0 Å². The highest BCUT2D eigenvalue weighted by molar-refractivity contribution is 5.83. The topological polar surface area (TPSA) is 32.8 Å². The van der Waals surface area contributed by atoms with Gasteiger partial charge in [-0.05, 0) is 30.5 Å². The summed E-state index contributed by atoms with van der Waals surface area (Å²) in [5.74, 6) is 0.822. The summed E-state index contributed by atoms with van der Waals surface area (Å²) in [6, 6.07) is 8.83. The zero-order valence-corrected chi connectivity index (χ0v) is 13.8. The van der Waals surface area contributed by atoms with E-state index in [4.69, 9.17) is 4.74 Å². The Morgan fingerprint density at radius 3 is 2.14 bits per heavy atom. The van der Waals surface area contributed by atoms with Crippen molar-refractivity contribution in [3.8, 4) is 0 Å². The van der Waals surface area contributed by atoms with Crippen molar-refractivity contribution >= 4 is 11.6 Å². The van der Waals surface area contributed by atoms with Crippen LogP contribution in [0.1, 0.15) is 32.3 Å². The van der Waals surface area contributed by atoms with Gasteiger partial charge in [0.05, 0.1) is 18.6 Å². The lowest BCUT2D eigenvalue weighted by molar-refractivity contribution is -0.169. The van der Waals surface area contributed by atoms with Gasteiger partial charge in [-0.15, -0.1) is 0 Å². The Morgan fingerprint density at radius 2 is 1.68 bits per heavy atom. The van der Waals surface area contributed by atoms with Crippen LogP contribution in [0.5, 0.6) is 0 Å². The van der Waals surface area contributed by atoms with Crippen LogP contribution in [-0.2, 0) is 9.53 Å². The normalized spacial score (nSPS) is 20.9.